The van der Waals surface area contributed by atoms with Crippen LogP contribution in [0, 0.1) is 0 Å². The molecule has 0 aliphatic rings. The number of para-hydroxylation sites is 1. The number of hydrogen-bond donors (Lipinski definition) is 3. The fourth-order valence-electron chi connectivity index (χ4n) is 2.17. The fourth-order valence-corrected chi connectivity index (χ4v) is 2.17. The largest absolute Gasteiger partial charge is 0.394 e. The number of halogens is 3. The second-order valence-corrected chi connectivity index (χ2v) is 5.50. The Balaban J connectivity index is 2.80. The maximum atomic E-state index is 12.5. The molecule has 1 aromatic rings. The van der Waals surface area contributed by atoms with E-state index < -0.39 is 24.2 Å². The maximum absolute atomic E-state index is 12.5. The molecule has 0 saturated carbocycles. The van der Waals surface area contributed by atoms with Gasteiger partial charge in [0.05, 0.1) is 18.6 Å². The van der Waals surface area contributed by atoms with Gasteiger partial charge in [-0.3, -0.25) is 0 Å². The summed E-state index contributed by atoms with van der Waals surface area (Å²) in [6.07, 6.45) is -4.16. The van der Waals surface area contributed by atoms with E-state index in [4.69, 9.17) is 0 Å². The normalized spacial score (nSPS) is 14.3. The predicted octanol–water partition coefficient (Wildman–Crippen LogP) is 3.46. The van der Waals surface area contributed by atoms with Crippen LogP contribution in [0.25, 0.3) is 0 Å². The molecule has 0 spiro atoms. The highest BCUT2D eigenvalue weighted by Gasteiger charge is 2.29. The fraction of sp³-hybridized carbons (Fsp3) is 0.533. The lowest BCUT2D eigenvalue weighted by atomic mass is 9.97. The van der Waals surface area contributed by atoms with Crippen LogP contribution in [0.1, 0.15) is 32.3 Å². The minimum Gasteiger partial charge on any atom is -0.394 e. The van der Waals surface area contributed by atoms with Crippen LogP contribution in [0.2, 0.25) is 0 Å². The molecule has 0 fully saturated rings. The van der Waals surface area contributed by atoms with Crippen molar-refractivity contribution in [1.29, 1.82) is 0 Å². The van der Waals surface area contributed by atoms with Crippen molar-refractivity contribution >= 4 is 11.7 Å². The number of rotatable bonds is 6. The van der Waals surface area contributed by atoms with Gasteiger partial charge in [-0.2, -0.15) is 13.2 Å². The second kappa shape index (κ2) is 7.49. The molecule has 0 radical (unpaired) electrons. The van der Waals surface area contributed by atoms with E-state index in [0.717, 1.165) is 6.42 Å². The van der Waals surface area contributed by atoms with E-state index in [2.05, 4.69) is 10.6 Å². The number of benzene rings is 1. The average Bonchev–Trinajstić information content (AvgIpc) is 2.39. The van der Waals surface area contributed by atoms with Crippen LogP contribution in [0.3, 0.4) is 0 Å². The number of aliphatic hydroxyl groups excluding tert-OH is 1. The summed E-state index contributed by atoms with van der Waals surface area (Å²) >= 11 is 0. The summed E-state index contributed by atoms with van der Waals surface area (Å²) in [6, 6.07) is 5.13. The first-order chi connectivity index (χ1) is 10.2. The number of hydrogen-bond acceptors (Lipinski definition) is 2. The Morgan fingerprint density at radius 3 is 2.45 bits per heavy atom. The number of carbonyl (C=O) groups is 1. The minimum absolute atomic E-state index is 0.00802. The molecular weight excluding hydrogens is 297 g/mol. The van der Waals surface area contributed by atoms with Crippen LogP contribution in [-0.4, -0.2) is 29.5 Å². The van der Waals surface area contributed by atoms with Gasteiger partial charge in [-0.15, -0.1) is 0 Å². The number of nitrogens with one attached hydrogen (secondary N) is 2. The van der Waals surface area contributed by atoms with Gasteiger partial charge < -0.3 is 15.7 Å². The molecule has 4 nitrogen and oxygen atoms in total. The minimum atomic E-state index is -4.35. The Labute approximate surface area is 127 Å². The molecule has 2 amide bonds. The number of urea groups is 1. The van der Waals surface area contributed by atoms with Crippen molar-refractivity contribution in [2.45, 2.75) is 44.8 Å². The van der Waals surface area contributed by atoms with Crippen LogP contribution in [0.5, 0.6) is 0 Å². The quantitative estimate of drug-likeness (QED) is 0.752. The number of anilines is 1. The maximum Gasteiger partial charge on any atom is 0.393 e. The van der Waals surface area contributed by atoms with E-state index in [0.29, 0.717) is 6.42 Å². The smallest absolute Gasteiger partial charge is 0.393 e. The number of amides is 2. The summed E-state index contributed by atoms with van der Waals surface area (Å²) < 4.78 is 37.6. The van der Waals surface area contributed by atoms with Crippen molar-refractivity contribution in [2.24, 2.45) is 0 Å². The van der Waals surface area contributed by atoms with Crippen LogP contribution in [0.15, 0.2) is 24.3 Å². The third kappa shape index (κ3) is 5.93. The summed E-state index contributed by atoms with van der Waals surface area (Å²) in [5.41, 5.74) is -0.710. The standard InChI is InChI=1S/C15H21F3N2O2/c1-3-8-14(2,10-21)20-13(22)19-12-7-5-4-6-11(12)9-15(16,17)18/h4-7,21H,3,8-10H2,1-2H3,(H2,19,20,22). The first-order valence-electron chi connectivity index (χ1n) is 7.04. The van der Waals surface area contributed by atoms with Gasteiger partial charge in [-0.25, -0.2) is 4.79 Å². The molecule has 124 valence electrons. The number of aliphatic hydroxyl groups is 1. The van der Waals surface area contributed by atoms with Crippen molar-refractivity contribution in [3.05, 3.63) is 29.8 Å². The Morgan fingerprint density at radius 2 is 1.91 bits per heavy atom. The van der Waals surface area contributed by atoms with Gasteiger partial charge in [0.15, 0.2) is 0 Å². The SMILES string of the molecule is CCCC(C)(CO)NC(=O)Nc1ccccc1CC(F)(F)F. The first kappa shape index (κ1) is 18.3. The Bertz CT molecular complexity index is 506. The molecule has 0 saturated heterocycles. The van der Waals surface area contributed by atoms with E-state index in [1.165, 1.54) is 18.2 Å². The molecular formula is C15H21F3N2O2. The molecule has 1 unspecified atom stereocenters. The number of carbonyl (C=O) groups excluding carboxylic acids is 1. The number of alkyl halides is 3. The summed E-state index contributed by atoms with van der Waals surface area (Å²) in [6.45, 7) is 3.34. The molecule has 22 heavy (non-hydrogen) atoms. The van der Waals surface area contributed by atoms with E-state index in [1.807, 2.05) is 6.92 Å². The van der Waals surface area contributed by atoms with Crippen molar-refractivity contribution in [2.75, 3.05) is 11.9 Å². The zero-order valence-electron chi connectivity index (χ0n) is 12.6. The van der Waals surface area contributed by atoms with E-state index >= 15 is 0 Å². The molecule has 0 aliphatic carbocycles. The third-order valence-electron chi connectivity index (χ3n) is 3.22. The third-order valence-corrected chi connectivity index (χ3v) is 3.22. The van der Waals surface area contributed by atoms with E-state index in [9.17, 15) is 23.1 Å². The van der Waals surface area contributed by atoms with Crippen LogP contribution >= 0.6 is 0 Å². The molecule has 0 heterocycles. The van der Waals surface area contributed by atoms with Gasteiger partial charge in [0, 0.05) is 5.69 Å². The Kier molecular flexibility index (Phi) is 6.22. The summed E-state index contributed by atoms with van der Waals surface area (Å²) in [5.74, 6) is 0. The molecule has 7 heteroatoms. The van der Waals surface area contributed by atoms with Gasteiger partial charge in [0.25, 0.3) is 0 Å². The van der Waals surface area contributed by atoms with E-state index in [1.54, 1.807) is 13.0 Å². The van der Waals surface area contributed by atoms with Crippen LogP contribution in [0.4, 0.5) is 23.7 Å². The highest BCUT2D eigenvalue weighted by molar-refractivity contribution is 5.90. The molecule has 0 aromatic heterocycles. The van der Waals surface area contributed by atoms with Gasteiger partial charge in [-0.05, 0) is 25.0 Å². The predicted molar refractivity (Wildman–Crippen MR) is 78.8 cm³/mol. The molecule has 1 atom stereocenters. The Hall–Kier alpha value is -1.76. The highest BCUT2D eigenvalue weighted by atomic mass is 19.4. The highest BCUT2D eigenvalue weighted by Crippen LogP contribution is 2.26. The topological polar surface area (TPSA) is 61.4 Å². The summed E-state index contributed by atoms with van der Waals surface area (Å²) in [5, 5.41) is 14.4. The summed E-state index contributed by atoms with van der Waals surface area (Å²) in [7, 11) is 0. The molecule has 0 aliphatic heterocycles. The van der Waals surface area contributed by atoms with Crippen LogP contribution < -0.4 is 10.6 Å². The molecule has 0 bridgehead atoms. The summed E-state index contributed by atoms with van der Waals surface area (Å²) in [4.78, 5) is 12.0. The van der Waals surface area contributed by atoms with Crippen molar-refractivity contribution < 1.29 is 23.1 Å². The van der Waals surface area contributed by atoms with E-state index in [-0.39, 0.29) is 17.9 Å². The van der Waals surface area contributed by atoms with Gasteiger partial charge in [-0.1, -0.05) is 31.5 Å². The van der Waals surface area contributed by atoms with Gasteiger partial charge in [0.1, 0.15) is 0 Å². The zero-order chi connectivity index (χ0) is 16.8. The van der Waals surface area contributed by atoms with Crippen molar-refractivity contribution in [1.82, 2.24) is 5.32 Å². The van der Waals surface area contributed by atoms with Gasteiger partial charge in [0.2, 0.25) is 0 Å². The van der Waals surface area contributed by atoms with Crippen molar-refractivity contribution in [3.63, 3.8) is 0 Å². The lowest BCUT2D eigenvalue weighted by molar-refractivity contribution is -0.127. The first-order valence-corrected chi connectivity index (χ1v) is 7.04. The lowest BCUT2D eigenvalue weighted by Crippen LogP contribution is -2.50. The second-order valence-electron chi connectivity index (χ2n) is 5.50. The lowest BCUT2D eigenvalue weighted by Gasteiger charge is -2.28. The molecule has 1 rings (SSSR count). The van der Waals surface area contributed by atoms with Gasteiger partial charge >= 0.3 is 12.2 Å². The zero-order valence-corrected chi connectivity index (χ0v) is 12.6. The van der Waals surface area contributed by atoms with Crippen LogP contribution in [-0.2, 0) is 6.42 Å². The monoisotopic (exact) mass is 318 g/mol. The van der Waals surface area contributed by atoms with Crippen molar-refractivity contribution in [3.8, 4) is 0 Å². The molecule has 3 N–H and O–H groups in total. The average molecular weight is 318 g/mol. The Morgan fingerprint density at radius 1 is 1.27 bits per heavy atom. The molecule has 1 aromatic carbocycles.